The fourth-order valence-electron chi connectivity index (χ4n) is 4.30. The maximum absolute atomic E-state index is 6.17. The van der Waals surface area contributed by atoms with Crippen LogP contribution in [0.2, 0.25) is 5.02 Å². The minimum atomic E-state index is 0.155. The molecule has 2 aromatic rings. The SMILES string of the molecule is CN(C)CCc1ccc2c(c1)NC(=NCc1cccc(Cl)c1)C1(CCSCC1)C2. The molecular weight excluding hydrogens is 398 g/mol. The first-order valence-corrected chi connectivity index (χ1v) is 12.0. The van der Waals surface area contributed by atoms with Gasteiger partial charge in [0.25, 0.3) is 0 Å². The third-order valence-corrected chi connectivity index (χ3v) is 7.29. The fourth-order valence-corrected chi connectivity index (χ4v) is 5.79. The van der Waals surface area contributed by atoms with Gasteiger partial charge in [0.05, 0.1) is 6.54 Å². The van der Waals surface area contributed by atoms with E-state index >= 15 is 0 Å². The number of benzene rings is 2. The Morgan fingerprint density at radius 2 is 1.93 bits per heavy atom. The van der Waals surface area contributed by atoms with Gasteiger partial charge >= 0.3 is 0 Å². The molecule has 0 amide bonds. The van der Waals surface area contributed by atoms with E-state index in [1.165, 1.54) is 47.0 Å². The number of halogens is 1. The molecule has 1 saturated heterocycles. The van der Waals surface area contributed by atoms with Crippen LogP contribution in [0.5, 0.6) is 0 Å². The molecule has 0 atom stereocenters. The summed E-state index contributed by atoms with van der Waals surface area (Å²) in [5.41, 5.74) is 5.39. The van der Waals surface area contributed by atoms with Crippen molar-refractivity contribution < 1.29 is 0 Å². The number of thioether (sulfide) groups is 1. The summed E-state index contributed by atoms with van der Waals surface area (Å²) in [5.74, 6) is 3.61. The number of aliphatic imine (C=N–C) groups is 1. The van der Waals surface area contributed by atoms with Gasteiger partial charge in [-0.1, -0.05) is 35.9 Å². The number of nitrogens with zero attached hydrogens (tertiary/aromatic N) is 2. The molecule has 2 aliphatic rings. The Kier molecular flexibility index (Phi) is 6.53. The van der Waals surface area contributed by atoms with Crippen molar-refractivity contribution >= 4 is 34.9 Å². The minimum absolute atomic E-state index is 0.155. The molecule has 29 heavy (non-hydrogen) atoms. The highest BCUT2D eigenvalue weighted by atomic mass is 35.5. The molecule has 0 radical (unpaired) electrons. The Bertz CT molecular complexity index is 887. The lowest BCUT2D eigenvalue weighted by molar-refractivity contribution is 0.377. The second kappa shape index (κ2) is 9.11. The molecule has 1 N–H and O–H groups in total. The molecule has 2 heterocycles. The molecule has 5 heteroatoms. The predicted molar refractivity (Wildman–Crippen MR) is 128 cm³/mol. The standard InChI is InChI=1S/C24H30ClN3S/c1-28(2)11-8-18-6-7-20-16-24(9-12-29-13-10-24)23(27-22(20)15-18)26-17-19-4-3-5-21(25)14-19/h3-7,14-15H,8-13,16-17H2,1-2H3,(H,26,27). The van der Waals surface area contributed by atoms with Crippen molar-refractivity contribution in [3.63, 3.8) is 0 Å². The zero-order valence-electron chi connectivity index (χ0n) is 17.4. The molecule has 0 aromatic heterocycles. The van der Waals surface area contributed by atoms with Crippen LogP contribution in [-0.2, 0) is 19.4 Å². The largest absolute Gasteiger partial charge is 0.343 e. The van der Waals surface area contributed by atoms with Gasteiger partial charge in [-0.15, -0.1) is 0 Å². The van der Waals surface area contributed by atoms with Gasteiger partial charge in [0.15, 0.2) is 0 Å². The van der Waals surface area contributed by atoms with Crippen LogP contribution >= 0.6 is 23.4 Å². The number of anilines is 1. The molecule has 0 aliphatic carbocycles. The van der Waals surface area contributed by atoms with Gasteiger partial charge in [-0.25, -0.2) is 0 Å². The van der Waals surface area contributed by atoms with Crippen LogP contribution < -0.4 is 5.32 Å². The summed E-state index contributed by atoms with van der Waals surface area (Å²) in [5, 5.41) is 4.54. The van der Waals surface area contributed by atoms with Crippen molar-refractivity contribution in [1.29, 1.82) is 0 Å². The van der Waals surface area contributed by atoms with Gasteiger partial charge < -0.3 is 10.2 Å². The average molecular weight is 428 g/mol. The highest BCUT2D eigenvalue weighted by Crippen LogP contribution is 2.44. The van der Waals surface area contributed by atoms with Crippen LogP contribution in [-0.4, -0.2) is 42.9 Å². The summed E-state index contributed by atoms with van der Waals surface area (Å²) >= 11 is 8.24. The maximum atomic E-state index is 6.17. The van der Waals surface area contributed by atoms with Crippen molar-refractivity contribution in [2.45, 2.75) is 32.2 Å². The van der Waals surface area contributed by atoms with E-state index in [-0.39, 0.29) is 5.41 Å². The van der Waals surface area contributed by atoms with Crippen LogP contribution in [0, 0.1) is 5.41 Å². The topological polar surface area (TPSA) is 27.6 Å². The lowest BCUT2D eigenvalue weighted by Crippen LogP contribution is -2.44. The number of fused-ring (bicyclic) bond motifs is 1. The minimum Gasteiger partial charge on any atom is -0.343 e. The van der Waals surface area contributed by atoms with Gasteiger partial charge in [-0.05, 0) is 86.2 Å². The summed E-state index contributed by atoms with van der Waals surface area (Å²) in [6, 6.07) is 15.0. The zero-order chi connectivity index (χ0) is 20.3. The average Bonchev–Trinajstić information content (AvgIpc) is 2.71. The first-order valence-electron chi connectivity index (χ1n) is 10.4. The maximum Gasteiger partial charge on any atom is 0.108 e. The van der Waals surface area contributed by atoms with Crippen LogP contribution in [0.1, 0.15) is 29.5 Å². The molecule has 2 aromatic carbocycles. The zero-order valence-corrected chi connectivity index (χ0v) is 19.0. The molecule has 0 bridgehead atoms. The highest BCUT2D eigenvalue weighted by molar-refractivity contribution is 7.99. The number of likely N-dealkylation sites (N-methyl/N-ethyl adjacent to an activating group) is 1. The summed E-state index contributed by atoms with van der Waals surface area (Å²) in [6.07, 6.45) is 4.55. The van der Waals surface area contributed by atoms with Crippen molar-refractivity contribution in [2.24, 2.45) is 10.4 Å². The highest BCUT2D eigenvalue weighted by Gasteiger charge is 2.41. The van der Waals surface area contributed by atoms with Crippen molar-refractivity contribution in [1.82, 2.24) is 4.90 Å². The van der Waals surface area contributed by atoms with Gasteiger partial charge in [0.1, 0.15) is 5.84 Å². The van der Waals surface area contributed by atoms with Crippen molar-refractivity contribution in [3.05, 3.63) is 64.2 Å². The Labute approximate surface area is 183 Å². The van der Waals surface area contributed by atoms with Crippen LogP contribution in [0.3, 0.4) is 0 Å². The Balaban J connectivity index is 1.61. The van der Waals surface area contributed by atoms with E-state index in [0.717, 1.165) is 30.0 Å². The van der Waals surface area contributed by atoms with Gasteiger partial charge in [0.2, 0.25) is 0 Å². The molecule has 1 spiro atoms. The van der Waals surface area contributed by atoms with Gasteiger partial charge in [0, 0.05) is 22.7 Å². The predicted octanol–water partition coefficient (Wildman–Crippen LogP) is 5.52. The summed E-state index contributed by atoms with van der Waals surface area (Å²) in [4.78, 5) is 7.34. The second-order valence-electron chi connectivity index (χ2n) is 8.53. The van der Waals surface area contributed by atoms with Gasteiger partial charge in [-0.2, -0.15) is 11.8 Å². The number of hydrogen-bond acceptors (Lipinski definition) is 3. The first kappa shape index (κ1) is 20.8. The Morgan fingerprint density at radius 1 is 1.10 bits per heavy atom. The molecular formula is C24H30ClN3S. The van der Waals surface area contributed by atoms with Crippen LogP contribution in [0.4, 0.5) is 5.69 Å². The molecule has 154 valence electrons. The quantitative estimate of drug-likeness (QED) is 0.680. The second-order valence-corrected chi connectivity index (χ2v) is 10.2. The van der Waals surface area contributed by atoms with E-state index < -0.39 is 0 Å². The number of hydrogen-bond donors (Lipinski definition) is 1. The van der Waals surface area contributed by atoms with Crippen LogP contribution in [0.25, 0.3) is 0 Å². The van der Waals surface area contributed by atoms with E-state index in [0.29, 0.717) is 6.54 Å². The summed E-state index contributed by atoms with van der Waals surface area (Å²) < 4.78 is 0. The van der Waals surface area contributed by atoms with E-state index in [1.807, 2.05) is 18.2 Å². The molecule has 1 fully saturated rings. The summed E-state index contributed by atoms with van der Waals surface area (Å²) in [6.45, 7) is 1.74. The Hall–Kier alpha value is -1.49. The van der Waals surface area contributed by atoms with Gasteiger partial charge in [-0.3, -0.25) is 4.99 Å². The van der Waals surface area contributed by atoms with E-state index in [9.17, 15) is 0 Å². The first-order chi connectivity index (χ1) is 14.0. The smallest absolute Gasteiger partial charge is 0.108 e. The van der Waals surface area contributed by atoms with Crippen LogP contribution in [0.15, 0.2) is 47.5 Å². The fraction of sp³-hybridized carbons (Fsp3) is 0.458. The Morgan fingerprint density at radius 3 is 2.69 bits per heavy atom. The van der Waals surface area contributed by atoms with E-state index in [2.05, 4.69) is 60.3 Å². The molecule has 4 rings (SSSR count). The third-order valence-electron chi connectivity index (χ3n) is 6.06. The monoisotopic (exact) mass is 427 g/mol. The van der Waals surface area contributed by atoms with E-state index in [1.54, 1.807) is 0 Å². The molecule has 3 nitrogen and oxygen atoms in total. The number of nitrogens with one attached hydrogen (secondary N) is 1. The lowest BCUT2D eigenvalue weighted by Gasteiger charge is -2.42. The molecule has 0 unspecified atom stereocenters. The lowest BCUT2D eigenvalue weighted by atomic mass is 9.72. The van der Waals surface area contributed by atoms with Crippen molar-refractivity contribution in [2.75, 3.05) is 37.5 Å². The number of amidine groups is 1. The summed E-state index contributed by atoms with van der Waals surface area (Å²) in [7, 11) is 4.25. The third kappa shape index (κ3) is 4.99. The number of rotatable bonds is 5. The van der Waals surface area contributed by atoms with E-state index in [4.69, 9.17) is 16.6 Å². The molecule has 0 saturated carbocycles. The van der Waals surface area contributed by atoms with Crippen molar-refractivity contribution in [3.8, 4) is 0 Å². The normalized spacial score (nSPS) is 19.4. The molecule has 2 aliphatic heterocycles.